The number of hydrogen-bond donors (Lipinski definition) is 1. The minimum Gasteiger partial charge on any atom is -0.397 e. The molecule has 0 amide bonds. The highest BCUT2D eigenvalue weighted by molar-refractivity contribution is 7.21. The molecule has 4 aromatic rings. The molecule has 1 aliphatic heterocycles. The number of aliphatic imine (C=N–C) groups is 1. The fraction of sp³-hybridized carbons (Fsp3) is 0.217. The van der Waals surface area contributed by atoms with Gasteiger partial charge in [-0.3, -0.25) is 4.99 Å². The first-order valence-corrected chi connectivity index (χ1v) is 11.4. The van der Waals surface area contributed by atoms with E-state index in [1.165, 1.54) is 22.7 Å². The molecular weight excluding hydrogens is 439 g/mol. The Bertz CT molecular complexity index is 1330. The summed E-state index contributed by atoms with van der Waals surface area (Å²) in [5.41, 5.74) is 8.28. The SMILES string of the molecule is CC1(C)Cc2ccccc2C(c2sc3nc(-c4cccs4)cc(C(F)(F)F)c3c2N)=N1. The summed E-state index contributed by atoms with van der Waals surface area (Å²) in [4.78, 5) is 10.9. The minimum atomic E-state index is -4.55. The molecule has 1 aliphatic rings. The summed E-state index contributed by atoms with van der Waals surface area (Å²) in [5, 5.41) is 1.77. The Labute approximate surface area is 185 Å². The Hall–Kier alpha value is -2.71. The lowest BCUT2D eigenvalue weighted by Crippen LogP contribution is -2.29. The van der Waals surface area contributed by atoms with Crippen LogP contribution in [0.4, 0.5) is 18.9 Å². The van der Waals surface area contributed by atoms with E-state index < -0.39 is 11.7 Å². The number of halogens is 3. The molecule has 5 rings (SSSR count). The standard InChI is InChI=1S/C23H18F3N3S2/c1-22(2)11-12-6-3-4-7-13(12)19(29-22)20-18(27)17-14(23(24,25)26)10-15(28-21(17)31-20)16-8-5-9-30-16/h3-10H,11,27H2,1-2H3. The normalized spacial score (nSPS) is 15.7. The van der Waals surface area contributed by atoms with Gasteiger partial charge in [0.15, 0.2) is 0 Å². The van der Waals surface area contributed by atoms with E-state index in [-0.39, 0.29) is 21.4 Å². The summed E-state index contributed by atoms with van der Waals surface area (Å²) in [6.45, 7) is 4.03. The highest BCUT2D eigenvalue weighted by Crippen LogP contribution is 2.45. The van der Waals surface area contributed by atoms with Gasteiger partial charge >= 0.3 is 6.18 Å². The van der Waals surface area contributed by atoms with Crippen molar-refractivity contribution in [1.82, 2.24) is 4.98 Å². The third kappa shape index (κ3) is 3.43. The molecule has 0 radical (unpaired) electrons. The van der Waals surface area contributed by atoms with Gasteiger partial charge in [-0.1, -0.05) is 30.3 Å². The molecule has 3 aromatic heterocycles. The van der Waals surface area contributed by atoms with Crippen molar-refractivity contribution in [2.24, 2.45) is 4.99 Å². The summed E-state index contributed by atoms with van der Waals surface area (Å²) in [5.74, 6) is 0. The van der Waals surface area contributed by atoms with E-state index >= 15 is 0 Å². The van der Waals surface area contributed by atoms with E-state index in [1.807, 2.05) is 43.5 Å². The van der Waals surface area contributed by atoms with Crippen LogP contribution in [-0.2, 0) is 12.6 Å². The number of pyridine rings is 1. The zero-order valence-electron chi connectivity index (χ0n) is 16.7. The number of hydrogen-bond acceptors (Lipinski definition) is 5. The van der Waals surface area contributed by atoms with Gasteiger partial charge in [0.1, 0.15) is 4.83 Å². The highest BCUT2D eigenvalue weighted by Gasteiger charge is 2.37. The Morgan fingerprint density at radius 1 is 1.10 bits per heavy atom. The van der Waals surface area contributed by atoms with Crippen molar-refractivity contribution in [1.29, 1.82) is 0 Å². The van der Waals surface area contributed by atoms with Gasteiger partial charge in [0.2, 0.25) is 0 Å². The smallest absolute Gasteiger partial charge is 0.397 e. The maximum absolute atomic E-state index is 14.0. The van der Waals surface area contributed by atoms with E-state index in [0.717, 1.165) is 23.6 Å². The zero-order chi connectivity index (χ0) is 22.0. The van der Waals surface area contributed by atoms with Crippen LogP contribution < -0.4 is 5.73 Å². The molecule has 0 saturated heterocycles. The first-order chi connectivity index (χ1) is 14.6. The second-order valence-corrected chi connectivity index (χ2v) is 10.1. The van der Waals surface area contributed by atoms with Crippen LogP contribution >= 0.6 is 22.7 Å². The van der Waals surface area contributed by atoms with Crippen molar-refractivity contribution in [2.45, 2.75) is 32.0 Å². The fourth-order valence-electron chi connectivity index (χ4n) is 4.02. The number of nitrogens with zero attached hydrogens (tertiary/aromatic N) is 2. The van der Waals surface area contributed by atoms with Crippen LogP contribution in [0.1, 0.15) is 35.4 Å². The van der Waals surface area contributed by atoms with E-state index in [1.54, 1.807) is 12.1 Å². The first-order valence-electron chi connectivity index (χ1n) is 9.67. The number of rotatable bonds is 2. The van der Waals surface area contributed by atoms with Crippen LogP contribution in [0.5, 0.6) is 0 Å². The number of fused-ring (bicyclic) bond motifs is 2. The van der Waals surface area contributed by atoms with Crippen LogP contribution in [0.3, 0.4) is 0 Å². The van der Waals surface area contributed by atoms with Crippen LogP contribution in [0.15, 0.2) is 52.8 Å². The van der Waals surface area contributed by atoms with Gasteiger partial charge in [0, 0.05) is 10.9 Å². The third-order valence-electron chi connectivity index (χ3n) is 5.30. The summed E-state index contributed by atoms with van der Waals surface area (Å²) in [7, 11) is 0. The highest BCUT2D eigenvalue weighted by atomic mass is 32.1. The lowest BCUT2D eigenvalue weighted by Gasteiger charge is -2.28. The lowest BCUT2D eigenvalue weighted by molar-refractivity contribution is -0.136. The van der Waals surface area contributed by atoms with E-state index in [2.05, 4.69) is 4.98 Å². The van der Waals surface area contributed by atoms with Gasteiger partial charge in [0.25, 0.3) is 0 Å². The van der Waals surface area contributed by atoms with Gasteiger partial charge in [-0.2, -0.15) is 13.2 Å². The molecule has 0 spiro atoms. The first kappa shape index (κ1) is 20.2. The maximum Gasteiger partial charge on any atom is 0.417 e. The van der Waals surface area contributed by atoms with Gasteiger partial charge in [-0.05, 0) is 43.3 Å². The van der Waals surface area contributed by atoms with Crippen molar-refractivity contribution in [3.05, 3.63) is 69.4 Å². The largest absolute Gasteiger partial charge is 0.417 e. The predicted octanol–water partition coefficient (Wildman–Crippen LogP) is 6.80. The zero-order valence-corrected chi connectivity index (χ0v) is 18.4. The van der Waals surface area contributed by atoms with Crippen molar-refractivity contribution >= 4 is 44.3 Å². The number of nitrogens with two attached hydrogens (primary N) is 1. The van der Waals surface area contributed by atoms with Crippen molar-refractivity contribution < 1.29 is 13.2 Å². The molecule has 2 N–H and O–H groups in total. The van der Waals surface area contributed by atoms with Crippen LogP contribution in [0.25, 0.3) is 20.8 Å². The summed E-state index contributed by atoms with van der Waals surface area (Å²) < 4.78 is 42.1. The second-order valence-electron chi connectivity index (χ2n) is 8.16. The van der Waals surface area contributed by atoms with Gasteiger partial charge in [0.05, 0.1) is 37.9 Å². The maximum atomic E-state index is 14.0. The Kier molecular flexibility index (Phi) is 4.50. The molecule has 0 saturated carbocycles. The molecule has 158 valence electrons. The molecule has 0 fully saturated rings. The summed E-state index contributed by atoms with van der Waals surface area (Å²) >= 11 is 2.53. The number of benzene rings is 1. The number of anilines is 1. The predicted molar refractivity (Wildman–Crippen MR) is 122 cm³/mol. The van der Waals surface area contributed by atoms with Crippen molar-refractivity contribution in [3.8, 4) is 10.6 Å². The monoisotopic (exact) mass is 457 g/mol. The lowest BCUT2D eigenvalue weighted by atomic mass is 9.86. The molecule has 31 heavy (non-hydrogen) atoms. The van der Waals surface area contributed by atoms with E-state index in [4.69, 9.17) is 10.7 Å². The van der Waals surface area contributed by atoms with Crippen molar-refractivity contribution in [2.75, 3.05) is 5.73 Å². The molecule has 4 heterocycles. The van der Waals surface area contributed by atoms with Crippen LogP contribution in [-0.4, -0.2) is 16.2 Å². The molecule has 3 nitrogen and oxygen atoms in total. The van der Waals surface area contributed by atoms with E-state index in [0.29, 0.717) is 21.2 Å². The number of aromatic nitrogens is 1. The van der Waals surface area contributed by atoms with Crippen LogP contribution in [0.2, 0.25) is 0 Å². The topological polar surface area (TPSA) is 51.3 Å². The average Bonchev–Trinajstić information content (AvgIpc) is 3.34. The number of nitrogen functional groups attached to an aromatic ring is 1. The average molecular weight is 458 g/mol. The van der Waals surface area contributed by atoms with Gasteiger partial charge in [-0.25, -0.2) is 4.98 Å². The molecule has 0 unspecified atom stereocenters. The fourth-order valence-corrected chi connectivity index (χ4v) is 5.83. The Morgan fingerprint density at radius 2 is 1.87 bits per heavy atom. The molecule has 1 aromatic carbocycles. The molecule has 0 aliphatic carbocycles. The summed E-state index contributed by atoms with van der Waals surface area (Å²) in [6, 6.07) is 12.5. The summed E-state index contributed by atoms with van der Waals surface area (Å²) in [6.07, 6.45) is -3.79. The van der Waals surface area contributed by atoms with Gasteiger partial charge < -0.3 is 5.73 Å². The molecule has 8 heteroatoms. The minimum absolute atomic E-state index is 0.0450. The van der Waals surface area contributed by atoms with Gasteiger partial charge in [-0.15, -0.1) is 22.7 Å². The van der Waals surface area contributed by atoms with Crippen molar-refractivity contribution in [3.63, 3.8) is 0 Å². The van der Waals surface area contributed by atoms with E-state index in [9.17, 15) is 13.2 Å². The third-order valence-corrected chi connectivity index (χ3v) is 7.30. The quantitative estimate of drug-likeness (QED) is 0.360. The van der Waals surface area contributed by atoms with Crippen LogP contribution in [0, 0.1) is 0 Å². The Balaban J connectivity index is 1.80. The second kappa shape index (κ2) is 6.90. The molecular formula is C23H18F3N3S2. The number of thiophene rings is 2. The molecule has 0 atom stereocenters. The Morgan fingerprint density at radius 3 is 2.58 bits per heavy atom. The molecule has 0 bridgehead atoms. The number of alkyl halides is 3.